The summed E-state index contributed by atoms with van der Waals surface area (Å²) in [6.07, 6.45) is 1.50. The van der Waals surface area contributed by atoms with Crippen LogP contribution in [0, 0.1) is 0 Å². The summed E-state index contributed by atoms with van der Waals surface area (Å²) in [6.45, 7) is 5.85. The monoisotopic (exact) mass is 278 g/mol. The number of alkyl halides is 1. The molecule has 0 aromatic carbocycles. The van der Waals surface area contributed by atoms with Gasteiger partial charge in [-0.3, -0.25) is 4.79 Å². The molecule has 6 heteroatoms. The minimum absolute atomic E-state index is 0.122. The van der Waals surface area contributed by atoms with Crippen LogP contribution >= 0.6 is 11.6 Å². The summed E-state index contributed by atoms with van der Waals surface area (Å²) in [5.41, 5.74) is 4.80. The number of nitrogens with two attached hydrogens (primary N) is 1. The number of carbonyl (C=O) groups excluding carboxylic acids is 2. The largest absolute Gasteiger partial charge is 0.444 e. The van der Waals surface area contributed by atoms with Crippen molar-refractivity contribution in [1.29, 1.82) is 0 Å². The van der Waals surface area contributed by atoms with Crippen LogP contribution in [0.3, 0.4) is 0 Å². The molecule has 106 valence electrons. The predicted molar refractivity (Wildman–Crippen MR) is 71.8 cm³/mol. The number of alkyl carbamates (subject to hydrolysis) is 1. The van der Waals surface area contributed by atoms with Crippen molar-refractivity contribution in [3.63, 3.8) is 0 Å². The van der Waals surface area contributed by atoms with Crippen LogP contribution in [0.2, 0.25) is 0 Å². The molecule has 0 aliphatic rings. The minimum atomic E-state index is -0.598. The van der Waals surface area contributed by atoms with E-state index in [1.54, 1.807) is 20.8 Å². The number of amides is 1. The molecule has 18 heavy (non-hydrogen) atoms. The maximum absolute atomic E-state index is 11.6. The smallest absolute Gasteiger partial charge is 0.408 e. The first kappa shape index (κ1) is 17.2. The molecule has 0 radical (unpaired) electrons. The van der Waals surface area contributed by atoms with Gasteiger partial charge in [0.2, 0.25) is 0 Å². The quantitative estimate of drug-likeness (QED) is 0.550. The molecular weight excluding hydrogens is 256 g/mol. The maximum Gasteiger partial charge on any atom is 0.408 e. The summed E-state index contributed by atoms with van der Waals surface area (Å²) in [5.74, 6) is -0.331. The van der Waals surface area contributed by atoms with Crippen LogP contribution in [0.15, 0.2) is 0 Å². The second kappa shape index (κ2) is 8.32. The molecule has 0 heterocycles. The molecule has 0 saturated heterocycles. The second-order valence-corrected chi connectivity index (χ2v) is 5.35. The van der Waals surface area contributed by atoms with Gasteiger partial charge in [-0.15, -0.1) is 11.6 Å². The van der Waals surface area contributed by atoms with Crippen molar-refractivity contribution in [2.75, 3.05) is 12.4 Å². The molecule has 5 nitrogen and oxygen atoms in total. The van der Waals surface area contributed by atoms with Gasteiger partial charge in [-0.25, -0.2) is 4.79 Å². The number of halogens is 1. The van der Waals surface area contributed by atoms with Gasteiger partial charge in [0, 0.05) is 0 Å². The Labute approximate surface area is 113 Å². The molecular formula is C12H23ClN2O3. The number of hydrogen-bond acceptors (Lipinski definition) is 4. The lowest BCUT2D eigenvalue weighted by atomic mass is 10.1. The fourth-order valence-electron chi connectivity index (χ4n) is 1.35. The standard InChI is InChI=1S/C12H23ClN2O3/c1-12(2,3)18-11(17)15-9(10(16)8-13)6-4-5-7-14/h9H,4-8,14H2,1-3H3,(H,15,17). The van der Waals surface area contributed by atoms with Crippen LogP contribution in [0.1, 0.15) is 40.0 Å². The highest BCUT2D eigenvalue weighted by atomic mass is 35.5. The molecule has 0 rings (SSSR count). The van der Waals surface area contributed by atoms with Gasteiger partial charge < -0.3 is 15.8 Å². The van der Waals surface area contributed by atoms with E-state index in [0.717, 1.165) is 12.8 Å². The van der Waals surface area contributed by atoms with Crippen molar-refractivity contribution in [3.8, 4) is 0 Å². The first-order valence-corrected chi connectivity index (χ1v) is 6.62. The van der Waals surface area contributed by atoms with Crippen LogP contribution in [0.4, 0.5) is 4.79 Å². The lowest BCUT2D eigenvalue weighted by molar-refractivity contribution is -0.118. The summed E-state index contributed by atoms with van der Waals surface area (Å²) in [6, 6.07) is -0.594. The van der Waals surface area contributed by atoms with Crippen molar-refractivity contribution in [1.82, 2.24) is 5.32 Å². The molecule has 1 unspecified atom stereocenters. The lowest BCUT2D eigenvalue weighted by Crippen LogP contribution is -2.44. The number of rotatable bonds is 7. The first-order valence-electron chi connectivity index (χ1n) is 6.08. The number of hydrogen-bond donors (Lipinski definition) is 2. The van der Waals surface area contributed by atoms with Gasteiger partial charge in [0.15, 0.2) is 5.78 Å². The fraction of sp³-hybridized carbons (Fsp3) is 0.833. The van der Waals surface area contributed by atoms with Gasteiger partial charge in [0.1, 0.15) is 5.60 Å². The Bertz CT molecular complexity index is 277. The molecule has 3 N–H and O–H groups in total. The van der Waals surface area contributed by atoms with Crippen molar-refractivity contribution in [2.24, 2.45) is 5.73 Å². The predicted octanol–water partition coefficient (Wildman–Crippen LogP) is 1.82. The highest BCUT2D eigenvalue weighted by Gasteiger charge is 2.23. The van der Waals surface area contributed by atoms with Crippen molar-refractivity contribution in [2.45, 2.75) is 51.7 Å². The number of nitrogens with one attached hydrogen (secondary N) is 1. The Balaban J connectivity index is 4.31. The molecule has 0 aliphatic carbocycles. The summed E-state index contributed by atoms with van der Waals surface area (Å²) in [4.78, 5) is 23.1. The molecule has 0 aliphatic heterocycles. The van der Waals surface area contributed by atoms with Gasteiger partial charge in [-0.1, -0.05) is 0 Å². The first-order chi connectivity index (χ1) is 8.30. The molecule has 0 aromatic heterocycles. The average molecular weight is 279 g/mol. The third kappa shape index (κ3) is 8.31. The van der Waals surface area contributed by atoms with Crippen molar-refractivity contribution >= 4 is 23.5 Å². The van der Waals surface area contributed by atoms with Gasteiger partial charge in [0.05, 0.1) is 11.9 Å². The average Bonchev–Trinajstić information content (AvgIpc) is 2.24. The second-order valence-electron chi connectivity index (χ2n) is 5.08. The summed E-state index contributed by atoms with van der Waals surface area (Å²) >= 11 is 5.51. The Morgan fingerprint density at radius 3 is 2.39 bits per heavy atom. The Kier molecular flexibility index (Phi) is 7.95. The highest BCUT2D eigenvalue weighted by molar-refractivity contribution is 6.28. The lowest BCUT2D eigenvalue weighted by Gasteiger charge is -2.22. The van der Waals surface area contributed by atoms with E-state index in [9.17, 15) is 9.59 Å². The zero-order valence-electron chi connectivity index (χ0n) is 11.3. The van der Waals surface area contributed by atoms with Crippen LogP contribution in [0.25, 0.3) is 0 Å². The Hall–Kier alpha value is -0.810. The van der Waals surface area contributed by atoms with Gasteiger partial charge in [-0.2, -0.15) is 0 Å². The van der Waals surface area contributed by atoms with E-state index < -0.39 is 17.7 Å². The number of ketones is 1. The number of unbranched alkanes of at least 4 members (excludes halogenated alkanes) is 1. The van der Waals surface area contributed by atoms with Crippen LogP contribution in [0.5, 0.6) is 0 Å². The van der Waals surface area contributed by atoms with Gasteiger partial charge >= 0.3 is 6.09 Å². The summed E-state index contributed by atoms with van der Waals surface area (Å²) in [5, 5.41) is 2.55. The van der Waals surface area contributed by atoms with Gasteiger partial charge in [0.25, 0.3) is 0 Å². The number of ether oxygens (including phenoxy) is 1. The van der Waals surface area contributed by atoms with Crippen molar-refractivity contribution in [3.05, 3.63) is 0 Å². The van der Waals surface area contributed by atoms with Crippen LogP contribution < -0.4 is 11.1 Å². The van der Waals surface area contributed by atoms with E-state index in [0.29, 0.717) is 13.0 Å². The number of carbonyl (C=O) groups is 2. The zero-order valence-corrected chi connectivity index (χ0v) is 12.0. The zero-order chi connectivity index (χ0) is 14.2. The van der Waals surface area contributed by atoms with E-state index in [-0.39, 0.29) is 11.7 Å². The molecule has 1 atom stereocenters. The van der Waals surface area contributed by atoms with Gasteiger partial charge in [-0.05, 0) is 46.6 Å². The SMILES string of the molecule is CC(C)(C)OC(=O)NC(CCCCN)C(=O)CCl. The molecule has 0 saturated carbocycles. The topological polar surface area (TPSA) is 81.4 Å². The Morgan fingerprint density at radius 1 is 1.33 bits per heavy atom. The third-order valence-electron chi connectivity index (χ3n) is 2.16. The Morgan fingerprint density at radius 2 is 1.94 bits per heavy atom. The van der Waals surface area contributed by atoms with Crippen LogP contribution in [-0.2, 0) is 9.53 Å². The third-order valence-corrected chi connectivity index (χ3v) is 2.42. The summed E-state index contributed by atoms with van der Waals surface area (Å²) in [7, 11) is 0. The molecule has 1 amide bonds. The fourth-order valence-corrected chi connectivity index (χ4v) is 1.54. The molecule has 0 spiro atoms. The summed E-state index contributed by atoms with van der Waals surface area (Å²) < 4.78 is 5.10. The normalized spacial score (nSPS) is 12.9. The van der Waals surface area contributed by atoms with E-state index in [2.05, 4.69) is 5.32 Å². The van der Waals surface area contributed by atoms with Crippen LogP contribution in [-0.4, -0.2) is 35.9 Å². The minimum Gasteiger partial charge on any atom is -0.444 e. The number of Topliss-reactive ketones (excluding diaryl/α,β-unsaturated/α-hetero) is 1. The van der Waals surface area contributed by atoms with E-state index in [4.69, 9.17) is 22.1 Å². The van der Waals surface area contributed by atoms with E-state index >= 15 is 0 Å². The molecule has 0 aromatic rings. The van der Waals surface area contributed by atoms with E-state index in [1.807, 2.05) is 0 Å². The molecule has 0 bridgehead atoms. The molecule has 0 fully saturated rings. The van der Waals surface area contributed by atoms with Crippen molar-refractivity contribution < 1.29 is 14.3 Å². The van der Waals surface area contributed by atoms with E-state index in [1.165, 1.54) is 0 Å². The maximum atomic E-state index is 11.6. The highest BCUT2D eigenvalue weighted by Crippen LogP contribution is 2.09.